The summed E-state index contributed by atoms with van der Waals surface area (Å²) in [6, 6.07) is 0. The molecule has 0 aromatic heterocycles. The summed E-state index contributed by atoms with van der Waals surface area (Å²) in [5, 5.41) is 0. The van der Waals surface area contributed by atoms with Crippen LogP contribution in [0.1, 0.15) is 58.8 Å². The maximum atomic E-state index is 12.4. The Labute approximate surface area is 142 Å². The van der Waals surface area contributed by atoms with Gasteiger partial charge in [-0.1, -0.05) is 33.1 Å². The van der Waals surface area contributed by atoms with Crippen LogP contribution in [0.15, 0.2) is 0 Å². The van der Waals surface area contributed by atoms with E-state index in [1.807, 2.05) is 11.9 Å². The Morgan fingerprint density at radius 2 is 1.78 bits per heavy atom. The molecule has 134 valence electrons. The molecule has 1 heterocycles. The van der Waals surface area contributed by atoms with Gasteiger partial charge < -0.3 is 9.64 Å². The Bertz CT molecular complexity index is 345. The fourth-order valence-corrected chi connectivity index (χ4v) is 3.73. The first-order chi connectivity index (χ1) is 11.0. The molecule has 23 heavy (non-hydrogen) atoms. The number of piperidine rings is 1. The lowest BCUT2D eigenvalue weighted by molar-refractivity contribution is -0.132. The number of likely N-dealkylation sites (tertiary alicyclic amines) is 1. The van der Waals surface area contributed by atoms with Crippen molar-refractivity contribution in [3.8, 4) is 0 Å². The number of hydrogen-bond acceptors (Lipinski definition) is 3. The van der Waals surface area contributed by atoms with Gasteiger partial charge >= 0.3 is 0 Å². The first-order valence-corrected chi connectivity index (χ1v) is 9.62. The fraction of sp³-hybridized carbons (Fsp3) is 0.947. The summed E-state index contributed by atoms with van der Waals surface area (Å²) in [5.74, 6) is 1.62. The Hall–Kier alpha value is -0.610. The zero-order valence-corrected chi connectivity index (χ0v) is 15.4. The predicted octanol–water partition coefficient (Wildman–Crippen LogP) is 3.16. The van der Waals surface area contributed by atoms with Gasteiger partial charge in [-0.3, -0.25) is 9.69 Å². The standard InChI is InChI=1S/C19H36N2O2/c1-16(2)15-23-18-9-11-21(12-10-18)14-19(22)20(3)13-17-7-5-4-6-8-17/h16-18H,4-15H2,1-3H3. The molecule has 0 atom stereocenters. The van der Waals surface area contributed by atoms with Crippen LogP contribution in [-0.4, -0.2) is 61.6 Å². The van der Waals surface area contributed by atoms with Gasteiger partial charge in [0.1, 0.15) is 0 Å². The van der Waals surface area contributed by atoms with E-state index in [9.17, 15) is 4.79 Å². The minimum Gasteiger partial charge on any atom is -0.378 e. The zero-order valence-electron chi connectivity index (χ0n) is 15.4. The van der Waals surface area contributed by atoms with Gasteiger partial charge in [-0.15, -0.1) is 0 Å². The molecule has 1 amide bonds. The van der Waals surface area contributed by atoms with Crippen molar-refractivity contribution in [1.29, 1.82) is 0 Å². The van der Waals surface area contributed by atoms with Crippen molar-refractivity contribution in [2.75, 3.05) is 39.8 Å². The summed E-state index contributed by atoms with van der Waals surface area (Å²) in [5.41, 5.74) is 0. The normalized spacial score (nSPS) is 21.7. The van der Waals surface area contributed by atoms with E-state index in [0.29, 0.717) is 18.6 Å². The molecule has 0 spiro atoms. The molecular formula is C19H36N2O2. The maximum Gasteiger partial charge on any atom is 0.236 e. The second kappa shape index (κ2) is 9.63. The van der Waals surface area contributed by atoms with Crippen LogP contribution in [0.5, 0.6) is 0 Å². The number of amides is 1. The van der Waals surface area contributed by atoms with E-state index in [0.717, 1.165) is 45.0 Å². The molecule has 2 rings (SSSR count). The summed E-state index contributed by atoms with van der Waals surface area (Å²) in [7, 11) is 1.98. The highest BCUT2D eigenvalue weighted by molar-refractivity contribution is 5.78. The topological polar surface area (TPSA) is 32.8 Å². The Morgan fingerprint density at radius 3 is 2.39 bits per heavy atom. The van der Waals surface area contributed by atoms with Gasteiger partial charge in [0.2, 0.25) is 5.91 Å². The van der Waals surface area contributed by atoms with E-state index >= 15 is 0 Å². The average Bonchev–Trinajstić information content (AvgIpc) is 2.55. The smallest absolute Gasteiger partial charge is 0.236 e. The summed E-state index contributed by atoms with van der Waals surface area (Å²) in [6.45, 7) is 8.75. The van der Waals surface area contributed by atoms with Crippen LogP contribution < -0.4 is 0 Å². The molecule has 1 aliphatic carbocycles. The van der Waals surface area contributed by atoms with Crippen molar-refractivity contribution in [3.63, 3.8) is 0 Å². The average molecular weight is 325 g/mol. The Morgan fingerprint density at radius 1 is 1.13 bits per heavy atom. The first-order valence-electron chi connectivity index (χ1n) is 9.62. The van der Waals surface area contributed by atoms with E-state index in [1.165, 1.54) is 32.1 Å². The summed E-state index contributed by atoms with van der Waals surface area (Å²) in [4.78, 5) is 16.7. The quantitative estimate of drug-likeness (QED) is 0.721. The van der Waals surface area contributed by atoms with Gasteiger partial charge in [-0.05, 0) is 37.5 Å². The van der Waals surface area contributed by atoms with Crippen molar-refractivity contribution in [3.05, 3.63) is 0 Å². The first kappa shape index (κ1) is 18.7. The van der Waals surface area contributed by atoms with Crippen LogP contribution >= 0.6 is 0 Å². The molecular weight excluding hydrogens is 288 g/mol. The fourth-order valence-electron chi connectivity index (χ4n) is 3.73. The van der Waals surface area contributed by atoms with Crippen LogP contribution in [0.3, 0.4) is 0 Å². The van der Waals surface area contributed by atoms with Crippen LogP contribution in [0.25, 0.3) is 0 Å². The van der Waals surface area contributed by atoms with Crippen molar-refractivity contribution in [1.82, 2.24) is 9.80 Å². The number of likely N-dealkylation sites (N-methyl/N-ethyl adjacent to an activating group) is 1. The number of carbonyl (C=O) groups is 1. The number of ether oxygens (including phenoxy) is 1. The largest absolute Gasteiger partial charge is 0.378 e. The molecule has 2 fully saturated rings. The molecule has 0 unspecified atom stereocenters. The van der Waals surface area contributed by atoms with Crippen molar-refractivity contribution < 1.29 is 9.53 Å². The molecule has 0 aromatic rings. The lowest BCUT2D eigenvalue weighted by Gasteiger charge is -2.33. The van der Waals surface area contributed by atoms with E-state index in [4.69, 9.17) is 4.74 Å². The number of hydrogen-bond donors (Lipinski definition) is 0. The van der Waals surface area contributed by atoms with Crippen molar-refractivity contribution in [2.24, 2.45) is 11.8 Å². The molecule has 0 radical (unpaired) electrons. The monoisotopic (exact) mass is 324 g/mol. The molecule has 1 saturated heterocycles. The molecule has 1 saturated carbocycles. The lowest BCUT2D eigenvalue weighted by atomic mass is 9.89. The molecule has 0 N–H and O–H groups in total. The van der Waals surface area contributed by atoms with Crippen molar-refractivity contribution in [2.45, 2.75) is 64.9 Å². The lowest BCUT2D eigenvalue weighted by Crippen LogP contribution is -2.44. The number of nitrogens with zero attached hydrogens (tertiary/aromatic N) is 2. The maximum absolute atomic E-state index is 12.4. The predicted molar refractivity (Wildman–Crippen MR) is 94.5 cm³/mol. The van der Waals surface area contributed by atoms with Gasteiger partial charge in [0.25, 0.3) is 0 Å². The van der Waals surface area contributed by atoms with Gasteiger partial charge in [-0.2, -0.15) is 0 Å². The highest BCUT2D eigenvalue weighted by Gasteiger charge is 2.24. The van der Waals surface area contributed by atoms with Gasteiger partial charge in [-0.25, -0.2) is 0 Å². The summed E-state index contributed by atoms with van der Waals surface area (Å²) < 4.78 is 5.92. The minimum absolute atomic E-state index is 0.289. The second-order valence-corrected chi connectivity index (χ2v) is 7.98. The highest BCUT2D eigenvalue weighted by Crippen LogP contribution is 2.24. The molecule has 2 aliphatic rings. The van der Waals surface area contributed by atoms with Crippen LogP contribution in [0, 0.1) is 11.8 Å². The van der Waals surface area contributed by atoms with E-state index in [1.54, 1.807) is 0 Å². The Kier molecular flexibility index (Phi) is 7.84. The molecule has 0 bridgehead atoms. The second-order valence-electron chi connectivity index (χ2n) is 7.98. The highest BCUT2D eigenvalue weighted by atomic mass is 16.5. The van der Waals surface area contributed by atoms with Crippen LogP contribution in [-0.2, 0) is 9.53 Å². The number of carbonyl (C=O) groups excluding carboxylic acids is 1. The van der Waals surface area contributed by atoms with Gasteiger partial charge in [0, 0.05) is 33.3 Å². The van der Waals surface area contributed by atoms with Crippen molar-refractivity contribution >= 4 is 5.91 Å². The Balaban J connectivity index is 1.63. The molecule has 1 aliphatic heterocycles. The molecule has 4 nitrogen and oxygen atoms in total. The third kappa shape index (κ3) is 6.80. The summed E-state index contributed by atoms with van der Waals surface area (Å²) >= 11 is 0. The minimum atomic E-state index is 0.289. The summed E-state index contributed by atoms with van der Waals surface area (Å²) in [6.07, 6.45) is 9.18. The van der Waals surface area contributed by atoms with Crippen LogP contribution in [0.2, 0.25) is 0 Å². The number of rotatable bonds is 7. The molecule has 4 heteroatoms. The van der Waals surface area contributed by atoms with Gasteiger partial charge in [0.05, 0.1) is 12.6 Å². The van der Waals surface area contributed by atoms with E-state index in [2.05, 4.69) is 18.7 Å². The zero-order chi connectivity index (χ0) is 16.7. The van der Waals surface area contributed by atoms with Gasteiger partial charge in [0.15, 0.2) is 0 Å². The third-order valence-corrected chi connectivity index (χ3v) is 5.24. The van der Waals surface area contributed by atoms with E-state index in [-0.39, 0.29) is 5.91 Å². The van der Waals surface area contributed by atoms with E-state index < -0.39 is 0 Å². The molecule has 0 aromatic carbocycles. The third-order valence-electron chi connectivity index (χ3n) is 5.24. The van der Waals surface area contributed by atoms with Crippen LogP contribution in [0.4, 0.5) is 0 Å². The SMILES string of the molecule is CC(C)COC1CCN(CC(=O)N(C)CC2CCCCC2)CC1.